The average Bonchev–Trinajstić information content (AvgIpc) is 2.76. The number of sulfone groups is 1. The number of amides is 1. The molecular weight excluding hydrogens is 310 g/mol. The van der Waals surface area contributed by atoms with E-state index in [0.29, 0.717) is 17.7 Å². The molecule has 21 heavy (non-hydrogen) atoms. The number of hydrogen-bond donors (Lipinski definition) is 1. The van der Waals surface area contributed by atoms with Gasteiger partial charge in [0, 0.05) is 16.5 Å². The number of carbonyl (C=O) groups is 2. The number of carbonyl (C=O) groups excluding carboxylic acids is 2. The second-order valence-electron chi connectivity index (χ2n) is 5.02. The molecule has 1 aliphatic heterocycles. The Morgan fingerprint density at radius 1 is 1.38 bits per heavy atom. The predicted octanol–water partition coefficient (Wildman–Crippen LogP) is 1.75. The summed E-state index contributed by atoms with van der Waals surface area (Å²) in [5.74, 6) is 0.337. The summed E-state index contributed by atoms with van der Waals surface area (Å²) in [5, 5.41) is 2.72. The number of ketones is 1. The molecule has 0 bridgehead atoms. The van der Waals surface area contributed by atoms with E-state index in [1.54, 1.807) is 24.3 Å². The summed E-state index contributed by atoms with van der Waals surface area (Å²) >= 11 is 1.37. The van der Waals surface area contributed by atoms with E-state index in [2.05, 4.69) is 5.32 Å². The third-order valence-corrected chi connectivity index (χ3v) is 6.48. The number of thioether (sulfide) groups is 1. The highest BCUT2D eigenvalue weighted by atomic mass is 32.2. The minimum atomic E-state index is -2.91. The molecule has 0 radical (unpaired) electrons. The fraction of sp³-hybridized carbons (Fsp3) is 0.429. The minimum Gasteiger partial charge on any atom is -0.325 e. The fourth-order valence-electron chi connectivity index (χ4n) is 2.10. The van der Waals surface area contributed by atoms with E-state index in [4.69, 9.17) is 0 Å². The number of hydrogen-bond acceptors (Lipinski definition) is 5. The van der Waals surface area contributed by atoms with E-state index in [1.165, 1.54) is 18.7 Å². The van der Waals surface area contributed by atoms with Crippen molar-refractivity contribution in [1.82, 2.24) is 0 Å². The number of nitrogens with one attached hydrogen (secondary N) is 1. The molecule has 1 aromatic carbocycles. The molecule has 7 heteroatoms. The molecule has 1 amide bonds. The lowest BCUT2D eigenvalue weighted by Gasteiger charge is -2.09. The van der Waals surface area contributed by atoms with Crippen LogP contribution in [-0.4, -0.2) is 42.6 Å². The Hall–Kier alpha value is -1.34. The highest BCUT2D eigenvalue weighted by molar-refractivity contribution is 8.02. The molecule has 114 valence electrons. The molecule has 0 spiro atoms. The Bertz CT molecular complexity index is 655. The summed E-state index contributed by atoms with van der Waals surface area (Å²) in [4.78, 5) is 23.1. The van der Waals surface area contributed by atoms with Crippen LogP contribution >= 0.6 is 11.8 Å². The molecule has 1 atom stereocenters. The molecule has 0 saturated carbocycles. The van der Waals surface area contributed by atoms with Gasteiger partial charge in [0.25, 0.3) is 0 Å². The quantitative estimate of drug-likeness (QED) is 0.833. The average molecular weight is 327 g/mol. The first-order valence-electron chi connectivity index (χ1n) is 6.58. The zero-order valence-corrected chi connectivity index (χ0v) is 13.3. The Morgan fingerprint density at radius 2 is 2.14 bits per heavy atom. The smallest absolute Gasteiger partial charge is 0.234 e. The number of rotatable bonds is 5. The standard InChI is InChI=1S/C14H17NO4S2/c1-10(16)11-3-2-4-12(7-11)15-14(17)8-20-13-5-6-21(18,19)9-13/h2-4,7,13H,5-6,8-9H2,1H3,(H,15,17). The second-order valence-corrected chi connectivity index (χ2v) is 8.54. The van der Waals surface area contributed by atoms with Gasteiger partial charge in [-0.05, 0) is 25.5 Å². The maximum Gasteiger partial charge on any atom is 0.234 e. The van der Waals surface area contributed by atoms with E-state index in [1.807, 2.05) is 0 Å². The van der Waals surface area contributed by atoms with Gasteiger partial charge in [-0.1, -0.05) is 12.1 Å². The van der Waals surface area contributed by atoms with E-state index in [-0.39, 0.29) is 34.2 Å². The SMILES string of the molecule is CC(=O)c1cccc(NC(=O)CSC2CCS(=O)(=O)C2)c1. The van der Waals surface area contributed by atoms with Crippen LogP contribution in [0.3, 0.4) is 0 Å². The molecule has 1 saturated heterocycles. The third kappa shape index (κ3) is 4.86. The number of Topliss-reactive ketones (excluding diaryl/α,β-unsaturated/α-hetero) is 1. The molecule has 1 aromatic rings. The van der Waals surface area contributed by atoms with Gasteiger partial charge < -0.3 is 5.32 Å². The Labute approximate surface area is 128 Å². The van der Waals surface area contributed by atoms with Gasteiger partial charge >= 0.3 is 0 Å². The van der Waals surface area contributed by atoms with Crippen LogP contribution in [0.25, 0.3) is 0 Å². The normalized spacial score (nSPS) is 20.1. The lowest BCUT2D eigenvalue weighted by atomic mass is 10.1. The second kappa shape index (κ2) is 6.62. The first-order valence-corrected chi connectivity index (χ1v) is 9.45. The summed E-state index contributed by atoms with van der Waals surface area (Å²) in [5.41, 5.74) is 1.12. The Morgan fingerprint density at radius 3 is 2.76 bits per heavy atom. The molecule has 0 aromatic heterocycles. The highest BCUT2D eigenvalue weighted by Gasteiger charge is 2.28. The fourth-order valence-corrected chi connectivity index (χ4v) is 5.54. The summed E-state index contributed by atoms with van der Waals surface area (Å²) < 4.78 is 22.7. The molecule has 1 heterocycles. The third-order valence-electron chi connectivity index (χ3n) is 3.19. The van der Waals surface area contributed by atoms with Crippen LogP contribution in [0.1, 0.15) is 23.7 Å². The van der Waals surface area contributed by atoms with Crippen molar-refractivity contribution in [3.05, 3.63) is 29.8 Å². The first-order chi connectivity index (χ1) is 9.85. The van der Waals surface area contributed by atoms with E-state index < -0.39 is 9.84 Å². The molecule has 0 aliphatic carbocycles. The van der Waals surface area contributed by atoms with E-state index >= 15 is 0 Å². The van der Waals surface area contributed by atoms with Crippen molar-refractivity contribution >= 4 is 39.0 Å². The molecule has 5 nitrogen and oxygen atoms in total. The van der Waals surface area contributed by atoms with Gasteiger partial charge in [-0.3, -0.25) is 9.59 Å². The monoisotopic (exact) mass is 327 g/mol. The van der Waals surface area contributed by atoms with Crippen LogP contribution in [-0.2, 0) is 14.6 Å². The molecule has 1 fully saturated rings. The van der Waals surface area contributed by atoms with Crippen molar-refractivity contribution in [3.8, 4) is 0 Å². The van der Waals surface area contributed by atoms with Crippen LogP contribution in [0.2, 0.25) is 0 Å². The van der Waals surface area contributed by atoms with Crippen molar-refractivity contribution < 1.29 is 18.0 Å². The number of benzene rings is 1. The molecule has 1 aliphatic rings. The topological polar surface area (TPSA) is 80.3 Å². The van der Waals surface area contributed by atoms with Crippen molar-refractivity contribution in [1.29, 1.82) is 0 Å². The van der Waals surface area contributed by atoms with Gasteiger partial charge in [-0.15, -0.1) is 11.8 Å². The molecule has 1 N–H and O–H groups in total. The molecule has 1 unspecified atom stereocenters. The zero-order chi connectivity index (χ0) is 15.5. The summed E-state index contributed by atoms with van der Waals surface area (Å²) in [6, 6.07) is 6.75. The van der Waals surface area contributed by atoms with Crippen LogP contribution in [0, 0.1) is 0 Å². The van der Waals surface area contributed by atoms with Gasteiger partial charge in [0.2, 0.25) is 5.91 Å². The van der Waals surface area contributed by atoms with Crippen LogP contribution in [0.4, 0.5) is 5.69 Å². The maximum absolute atomic E-state index is 11.8. The van der Waals surface area contributed by atoms with Crippen LogP contribution in [0.15, 0.2) is 24.3 Å². The van der Waals surface area contributed by atoms with Crippen LogP contribution < -0.4 is 5.32 Å². The lowest BCUT2D eigenvalue weighted by molar-refractivity contribution is -0.113. The van der Waals surface area contributed by atoms with Crippen molar-refractivity contribution in [2.75, 3.05) is 22.6 Å². The van der Waals surface area contributed by atoms with Gasteiger partial charge in [0.15, 0.2) is 15.6 Å². The number of anilines is 1. The molecule has 2 rings (SSSR count). The van der Waals surface area contributed by atoms with E-state index in [9.17, 15) is 18.0 Å². The maximum atomic E-state index is 11.8. The van der Waals surface area contributed by atoms with Crippen molar-refractivity contribution in [2.24, 2.45) is 0 Å². The van der Waals surface area contributed by atoms with Crippen LogP contribution in [0.5, 0.6) is 0 Å². The van der Waals surface area contributed by atoms with Gasteiger partial charge in [0.05, 0.1) is 17.3 Å². The first kappa shape index (κ1) is 16.0. The van der Waals surface area contributed by atoms with Crippen molar-refractivity contribution in [3.63, 3.8) is 0 Å². The Kier molecular flexibility index (Phi) is 5.05. The largest absolute Gasteiger partial charge is 0.325 e. The zero-order valence-electron chi connectivity index (χ0n) is 11.7. The lowest BCUT2D eigenvalue weighted by Crippen LogP contribution is -2.17. The summed E-state index contributed by atoms with van der Waals surface area (Å²) in [7, 11) is -2.91. The van der Waals surface area contributed by atoms with E-state index in [0.717, 1.165) is 0 Å². The van der Waals surface area contributed by atoms with Gasteiger partial charge in [-0.25, -0.2) is 8.42 Å². The van der Waals surface area contributed by atoms with Gasteiger partial charge in [0.1, 0.15) is 0 Å². The minimum absolute atomic E-state index is 0.00399. The highest BCUT2D eigenvalue weighted by Crippen LogP contribution is 2.24. The summed E-state index contributed by atoms with van der Waals surface area (Å²) in [6.07, 6.45) is 0.611. The predicted molar refractivity (Wildman–Crippen MR) is 84.6 cm³/mol. The van der Waals surface area contributed by atoms with Crippen molar-refractivity contribution in [2.45, 2.75) is 18.6 Å². The molecular formula is C14H17NO4S2. The Balaban J connectivity index is 1.85. The summed E-state index contributed by atoms with van der Waals surface area (Å²) in [6.45, 7) is 1.47. The van der Waals surface area contributed by atoms with Gasteiger partial charge in [-0.2, -0.15) is 0 Å².